The molecule has 2 aromatic rings. The minimum Gasteiger partial charge on any atom is -0.378 e. The zero-order valence-corrected chi connectivity index (χ0v) is 15.3. The van der Waals surface area contributed by atoms with Crippen molar-refractivity contribution in [3.63, 3.8) is 0 Å². The SMILES string of the molecule is CCCn1cc(C(=O)N[C@H](C)Cc2ccc(N(C)C)cc2)c(C)n1. The third-order valence-electron chi connectivity index (χ3n) is 4.02. The van der Waals surface area contributed by atoms with Crippen molar-refractivity contribution in [1.29, 1.82) is 0 Å². The number of rotatable bonds is 7. The Hall–Kier alpha value is -2.30. The average molecular weight is 328 g/mol. The highest BCUT2D eigenvalue weighted by molar-refractivity contribution is 5.95. The lowest BCUT2D eigenvalue weighted by Gasteiger charge is -2.16. The summed E-state index contributed by atoms with van der Waals surface area (Å²) >= 11 is 0. The molecule has 24 heavy (non-hydrogen) atoms. The molecule has 2 rings (SSSR count). The molecule has 0 bridgehead atoms. The number of carbonyl (C=O) groups excluding carboxylic acids is 1. The maximum absolute atomic E-state index is 12.5. The third-order valence-corrected chi connectivity index (χ3v) is 4.02. The van der Waals surface area contributed by atoms with Gasteiger partial charge in [-0.25, -0.2) is 0 Å². The molecule has 1 heterocycles. The largest absolute Gasteiger partial charge is 0.378 e. The van der Waals surface area contributed by atoms with Gasteiger partial charge in [0.15, 0.2) is 0 Å². The van der Waals surface area contributed by atoms with Crippen molar-refractivity contribution in [1.82, 2.24) is 15.1 Å². The number of amides is 1. The minimum atomic E-state index is -0.0488. The molecular weight excluding hydrogens is 300 g/mol. The summed E-state index contributed by atoms with van der Waals surface area (Å²) in [5.74, 6) is -0.0488. The van der Waals surface area contributed by atoms with E-state index in [9.17, 15) is 4.79 Å². The van der Waals surface area contributed by atoms with Gasteiger partial charge in [-0.2, -0.15) is 5.10 Å². The fourth-order valence-corrected chi connectivity index (χ4v) is 2.72. The van der Waals surface area contributed by atoms with Gasteiger partial charge >= 0.3 is 0 Å². The number of carbonyl (C=O) groups is 1. The van der Waals surface area contributed by atoms with E-state index >= 15 is 0 Å². The van der Waals surface area contributed by atoms with E-state index in [-0.39, 0.29) is 11.9 Å². The zero-order valence-electron chi connectivity index (χ0n) is 15.3. The normalized spacial score (nSPS) is 12.0. The molecule has 1 atom stereocenters. The van der Waals surface area contributed by atoms with Gasteiger partial charge in [-0.3, -0.25) is 9.48 Å². The molecule has 0 unspecified atom stereocenters. The fourth-order valence-electron chi connectivity index (χ4n) is 2.72. The van der Waals surface area contributed by atoms with Gasteiger partial charge in [0.25, 0.3) is 5.91 Å². The molecule has 5 heteroatoms. The zero-order chi connectivity index (χ0) is 17.7. The number of benzene rings is 1. The first-order chi connectivity index (χ1) is 11.4. The van der Waals surface area contributed by atoms with E-state index in [1.165, 1.54) is 11.3 Å². The number of nitrogens with one attached hydrogen (secondary N) is 1. The second kappa shape index (κ2) is 7.99. The molecule has 0 saturated carbocycles. The minimum absolute atomic E-state index is 0.0488. The van der Waals surface area contributed by atoms with Gasteiger partial charge in [-0.1, -0.05) is 19.1 Å². The maximum Gasteiger partial charge on any atom is 0.254 e. The van der Waals surface area contributed by atoms with Crippen LogP contribution in [0.15, 0.2) is 30.5 Å². The van der Waals surface area contributed by atoms with Crippen LogP contribution in [0.2, 0.25) is 0 Å². The van der Waals surface area contributed by atoms with Crippen LogP contribution in [0.4, 0.5) is 5.69 Å². The molecule has 5 nitrogen and oxygen atoms in total. The van der Waals surface area contributed by atoms with E-state index in [1.54, 1.807) is 0 Å². The standard InChI is InChI=1S/C19H28N4O/c1-6-11-23-13-18(15(3)21-23)19(24)20-14(2)12-16-7-9-17(10-8-16)22(4)5/h7-10,13-14H,6,11-12H2,1-5H3,(H,20,24)/t14-/m1/s1. The first-order valence-electron chi connectivity index (χ1n) is 8.52. The van der Waals surface area contributed by atoms with Crippen LogP contribution in [-0.2, 0) is 13.0 Å². The van der Waals surface area contributed by atoms with E-state index < -0.39 is 0 Å². The Labute approximate surface area is 144 Å². The quantitative estimate of drug-likeness (QED) is 0.850. The summed E-state index contributed by atoms with van der Waals surface area (Å²) in [7, 11) is 4.05. The number of anilines is 1. The highest BCUT2D eigenvalue weighted by atomic mass is 16.1. The predicted octanol–water partition coefficient (Wildman–Crippen LogP) is 3.03. The lowest BCUT2D eigenvalue weighted by molar-refractivity contribution is 0.0939. The summed E-state index contributed by atoms with van der Waals surface area (Å²) in [5, 5.41) is 7.47. The van der Waals surface area contributed by atoms with Crippen LogP contribution in [0.1, 0.15) is 41.9 Å². The van der Waals surface area contributed by atoms with Gasteiger partial charge in [0, 0.05) is 38.6 Å². The van der Waals surface area contributed by atoms with Gasteiger partial charge in [-0.15, -0.1) is 0 Å². The molecule has 1 N–H and O–H groups in total. The molecule has 0 saturated heterocycles. The predicted molar refractivity (Wildman–Crippen MR) is 98.7 cm³/mol. The van der Waals surface area contributed by atoms with E-state index in [0.29, 0.717) is 5.56 Å². The van der Waals surface area contributed by atoms with E-state index in [4.69, 9.17) is 0 Å². The maximum atomic E-state index is 12.5. The summed E-state index contributed by atoms with van der Waals surface area (Å²) in [5.41, 5.74) is 3.84. The van der Waals surface area contributed by atoms with Crippen molar-refractivity contribution in [2.24, 2.45) is 0 Å². The van der Waals surface area contributed by atoms with Crippen molar-refractivity contribution >= 4 is 11.6 Å². The summed E-state index contributed by atoms with van der Waals surface area (Å²) < 4.78 is 1.84. The van der Waals surface area contributed by atoms with Crippen molar-refractivity contribution in [2.75, 3.05) is 19.0 Å². The smallest absolute Gasteiger partial charge is 0.254 e. The number of nitrogens with zero attached hydrogens (tertiary/aromatic N) is 3. The molecule has 1 aromatic carbocycles. The van der Waals surface area contributed by atoms with Gasteiger partial charge in [0.05, 0.1) is 11.3 Å². The van der Waals surface area contributed by atoms with Crippen molar-refractivity contribution in [3.05, 3.63) is 47.3 Å². The van der Waals surface area contributed by atoms with E-state index in [1.807, 2.05) is 38.8 Å². The van der Waals surface area contributed by atoms with Crippen LogP contribution in [0.5, 0.6) is 0 Å². The second-order valence-corrected chi connectivity index (χ2v) is 6.53. The monoisotopic (exact) mass is 328 g/mol. The molecule has 1 aromatic heterocycles. The molecule has 0 spiro atoms. The van der Waals surface area contributed by atoms with Crippen LogP contribution >= 0.6 is 0 Å². The number of hydrogen-bond acceptors (Lipinski definition) is 3. The molecule has 130 valence electrons. The van der Waals surface area contributed by atoms with Crippen LogP contribution in [0.25, 0.3) is 0 Å². The van der Waals surface area contributed by atoms with Gasteiger partial charge in [0.2, 0.25) is 0 Å². The fraction of sp³-hybridized carbons (Fsp3) is 0.474. The Bertz CT molecular complexity index is 673. The van der Waals surface area contributed by atoms with Gasteiger partial charge < -0.3 is 10.2 Å². The Morgan fingerprint density at radius 1 is 1.29 bits per heavy atom. The Morgan fingerprint density at radius 2 is 1.96 bits per heavy atom. The highest BCUT2D eigenvalue weighted by Gasteiger charge is 2.15. The highest BCUT2D eigenvalue weighted by Crippen LogP contribution is 2.14. The first kappa shape index (κ1) is 18.0. The van der Waals surface area contributed by atoms with Crippen LogP contribution < -0.4 is 10.2 Å². The Morgan fingerprint density at radius 3 is 2.54 bits per heavy atom. The Kier molecular flexibility index (Phi) is 6.01. The summed E-state index contributed by atoms with van der Waals surface area (Å²) in [6, 6.07) is 8.49. The summed E-state index contributed by atoms with van der Waals surface area (Å²) in [4.78, 5) is 14.5. The van der Waals surface area contributed by atoms with Crippen LogP contribution in [0.3, 0.4) is 0 Å². The molecule has 0 aliphatic rings. The summed E-state index contributed by atoms with van der Waals surface area (Å²) in [6.07, 6.45) is 3.65. The third kappa shape index (κ3) is 4.60. The lowest BCUT2D eigenvalue weighted by Crippen LogP contribution is -2.34. The molecule has 0 radical (unpaired) electrons. The van der Waals surface area contributed by atoms with Gasteiger partial charge in [-0.05, 0) is 44.4 Å². The van der Waals surface area contributed by atoms with Crippen molar-refractivity contribution in [2.45, 2.75) is 46.2 Å². The number of hydrogen-bond donors (Lipinski definition) is 1. The van der Waals surface area contributed by atoms with E-state index in [0.717, 1.165) is 25.1 Å². The average Bonchev–Trinajstić information content (AvgIpc) is 2.88. The second-order valence-electron chi connectivity index (χ2n) is 6.53. The summed E-state index contributed by atoms with van der Waals surface area (Å²) in [6.45, 7) is 6.84. The van der Waals surface area contributed by atoms with Gasteiger partial charge in [0.1, 0.15) is 0 Å². The van der Waals surface area contributed by atoms with E-state index in [2.05, 4.69) is 46.5 Å². The van der Waals surface area contributed by atoms with Crippen molar-refractivity contribution < 1.29 is 4.79 Å². The Balaban J connectivity index is 1.96. The van der Waals surface area contributed by atoms with Crippen LogP contribution in [-0.4, -0.2) is 35.8 Å². The molecule has 0 aliphatic carbocycles. The number of aryl methyl sites for hydroxylation is 2. The number of aromatic nitrogens is 2. The van der Waals surface area contributed by atoms with Crippen molar-refractivity contribution in [3.8, 4) is 0 Å². The molecule has 1 amide bonds. The van der Waals surface area contributed by atoms with Crippen LogP contribution in [0, 0.1) is 6.92 Å². The molecular formula is C19H28N4O. The molecule has 0 aliphatic heterocycles. The topological polar surface area (TPSA) is 50.2 Å². The first-order valence-corrected chi connectivity index (χ1v) is 8.52. The lowest BCUT2D eigenvalue weighted by atomic mass is 10.1. The molecule has 0 fully saturated rings.